The van der Waals surface area contributed by atoms with Crippen LogP contribution < -0.4 is 10.6 Å². The number of benzene rings is 2. The lowest BCUT2D eigenvalue weighted by Gasteiger charge is -2.32. The van der Waals surface area contributed by atoms with E-state index >= 15 is 0 Å². The number of likely N-dealkylation sites (N-methyl/N-ethyl adjacent to an activating group) is 1. The van der Waals surface area contributed by atoms with Crippen molar-refractivity contribution in [3.05, 3.63) is 65.5 Å². The van der Waals surface area contributed by atoms with Crippen molar-refractivity contribution in [2.45, 2.75) is 38.4 Å². The zero-order chi connectivity index (χ0) is 23.4. The average Bonchev–Trinajstić information content (AvgIpc) is 3.07. The van der Waals surface area contributed by atoms with Gasteiger partial charge in [-0.2, -0.15) is 0 Å². The van der Waals surface area contributed by atoms with Crippen LogP contribution >= 0.6 is 0 Å². The predicted octanol–water partition coefficient (Wildman–Crippen LogP) is 2.48. The summed E-state index contributed by atoms with van der Waals surface area (Å²) in [6, 6.07) is 12.4. The quantitative estimate of drug-likeness (QED) is 0.723. The van der Waals surface area contributed by atoms with Crippen LogP contribution in [-0.4, -0.2) is 60.2 Å². The Bertz CT molecular complexity index is 996. The number of hydrogen-bond donors (Lipinski definition) is 2. The van der Waals surface area contributed by atoms with Gasteiger partial charge in [-0.3, -0.25) is 19.3 Å². The Hall–Kier alpha value is -3.26. The monoisotopic (exact) mass is 440 g/mol. The molecule has 8 heteroatoms. The zero-order valence-corrected chi connectivity index (χ0v) is 18.8. The Kier molecular flexibility index (Phi) is 7.25. The molecule has 0 unspecified atom stereocenters. The lowest BCUT2D eigenvalue weighted by Crippen LogP contribution is -2.46. The first kappa shape index (κ1) is 23.4. The topological polar surface area (TPSA) is 81.8 Å². The third-order valence-electron chi connectivity index (χ3n) is 5.67. The molecule has 32 heavy (non-hydrogen) atoms. The van der Waals surface area contributed by atoms with E-state index in [1.165, 1.54) is 24.0 Å². The van der Waals surface area contributed by atoms with E-state index in [1.54, 1.807) is 27.1 Å². The highest BCUT2D eigenvalue weighted by atomic mass is 19.1. The molecule has 0 bridgehead atoms. The van der Waals surface area contributed by atoms with Crippen LogP contribution in [0, 0.1) is 12.7 Å². The van der Waals surface area contributed by atoms with Gasteiger partial charge in [0.2, 0.25) is 17.7 Å². The molecule has 2 N–H and O–H groups in total. The molecule has 0 radical (unpaired) electrons. The van der Waals surface area contributed by atoms with Crippen LogP contribution in [0.25, 0.3) is 0 Å². The lowest BCUT2D eigenvalue weighted by molar-refractivity contribution is -0.134. The maximum Gasteiger partial charge on any atom is 0.239 e. The first-order chi connectivity index (χ1) is 15.2. The summed E-state index contributed by atoms with van der Waals surface area (Å²) in [4.78, 5) is 41.2. The minimum absolute atomic E-state index is 0.0875. The fraction of sp³-hybridized carbons (Fsp3) is 0.375. The van der Waals surface area contributed by atoms with Crippen LogP contribution in [0.1, 0.15) is 30.5 Å². The second kappa shape index (κ2) is 9.91. The molecule has 7 nitrogen and oxygen atoms in total. The molecule has 0 aromatic heterocycles. The van der Waals surface area contributed by atoms with E-state index < -0.39 is 11.9 Å². The highest BCUT2D eigenvalue weighted by Gasteiger charge is 2.46. The van der Waals surface area contributed by atoms with E-state index in [9.17, 15) is 18.8 Å². The molecule has 1 aliphatic rings. The number of halogens is 1. The van der Waals surface area contributed by atoms with Crippen molar-refractivity contribution in [3.63, 3.8) is 0 Å². The standard InChI is InChI=1S/C24H29FN4O3/c1-15-10-11-18(25)12-19(15)27-22(31)14-29-21(24(32)28(3)4)13-20(26-16(2)30)23(29)17-8-6-5-7-9-17/h5-12,20-21,23H,13-14H2,1-4H3,(H,26,30)(H,27,31)/t20-,21-,23-/m0/s1. The first-order valence-corrected chi connectivity index (χ1v) is 10.5. The summed E-state index contributed by atoms with van der Waals surface area (Å²) in [5.74, 6) is -1.15. The molecule has 3 rings (SSSR count). The second-order valence-electron chi connectivity index (χ2n) is 8.33. The first-order valence-electron chi connectivity index (χ1n) is 10.5. The molecule has 3 atom stereocenters. The summed E-state index contributed by atoms with van der Waals surface area (Å²) in [5.41, 5.74) is 2.02. The maximum atomic E-state index is 13.7. The summed E-state index contributed by atoms with van der Waals surface area (Å²) in [6.45, 7) is 3.13. The van der Waals surface area contributed by atoms with Crippen molar-refractivity contribution in [2.24, 2.45) is 0 Å². The minimum atomic E-state index is -0.591. The fourth-order valence-corrected chi connectivity index (χ4v) is 4.24. The number of nitrogens with zero attached hydrogens (tertiary/aromatic N) is 2. The molecule has 3 amide bonds. The van der Waals surface area contributed by atoms with E-state index in [-0.39, 0.29) is 36.3 Å². The van der Waals surface area contributed by atoms with Gasteiger partial charge in [-0.15, -0.1) is 0 Å². The Morgan fingerprint density at radius 3 is 2.44 bits per heavy atom. The molecule has 0 spiro atoms. The molecule has 2 aromatic rings. The van der Waals surface area contributed by atoms with Gasteiger partial charge >= 0.3 is 0 Å². The second-order valence-corrected chi connectivity index (χ2v) is 8.33. The van der Waals surface area contributed by atoms with Gasteiger partial charge in [0.15, 0.2) is 0 Å². The number of aryl methyl sites for hydroxylation is 1. The third-order valence-corrected chi connectivity index (χ3v) is 5.67. The molecule has 1 aliphatic heterocycles. The SMILES string of the molecule is CC(=O)N[C@H]1C[C@@H](C(=O)N(C)C)N(CC(=O)Nc2cc(F)ccc2C)[C@H]1c1ccccc1. The maximum absolute atomic E-state index is 13.7. The summed E-state index contributed by atoms with van der Waals surface area (Å²) < 4.78 is 13.7. The number of amides is 3. The molecule has 1 fully saturated rings. The summed E-state index contributed by atoms with van der Waals surface area (Å²) >= 11 is 0. The number of carbonyl (C=O) groups is 3. The molecule has 0 aliphatic carbocycles. The van der Waals surface area contributed by atoms with Crippen LogP contribution in [0.2, 0.25) is 0 Å². The van der Waals surface area contributed by atoms with Crippen LogP contribution in [-0.2, 0) is 14.4 Å². The van der Waals surface area contributed by atoms with Gasteiger partial charge < -0.3 is 15.5 Å². The van der Waals surface area contributed by atoms with E-state index in [2.05, 4.69) is 10.6 Å². The van der Waals surface area contributed by atoms with Gasteiger partial charge in [-0.05, 0) is 36.6 Å². The molecule has 170 valence electrons. The van der Waals surface area contributed by atoms with E-state index in [0.29, 0.717) is 12.1 Å². The summed E-state index contributed by atoms with van der Waals surface area (Å²) in [5, 5.41) is 5.71. The average molecular weight is 441 g/mol. The van der Waals surface area contributed by atoms with Crippen molar-refractivity contribution in [1.29, 1.82) is 0 Å². The number of nitrogens with one attached hydrogen (secondary N) is 2. The molecule has 1 saturated heterocycles. The normalized spacial score (nSPS) is 20.6. The Labute approximate surface area is 187 Å². The van der Waals surface area contributed by atoms with Crippen LogP contribution in [0.15, 0.2) is 48.5 Å². The van der Waals surface area contributed by atoms with Crippen molar-refractivity contribution in [3.8, 4) is 0 Å². The lowest BCUT2D eigenvalue weighted by atomic mass is 9.99. The molecular formula is C24H29FN4O3. The highest BCUT2D eigenvalue weighted by molar-refractivity contribution is 5.93. The molecule has 0 saturated carbocycles. The van der Waals surface area contributed by atoms with Crippen molar-refractivity contribution >= 4 is 23.4 Å². The smallest absolute Gasteiger partial charge is 0.239 e. The van der Waals surface area contributed by atoms with Gasteiger partial charge in [-0.1, -0.05) is 36.4 Å². The molecule has 1 heterocycles. The third kappa shape index (κ3) is 5.31. The Balaban J connectivity index is 1.93. The van der Waals surface area contributed by atoms with Gasteiger partial charge in [0, 0.05) is 26.7 Å². The van der Waals surface area contributed by atoms with Crippen molar-refractivity contribution in [1.82, 2.24) is 15.1 Å². The number of carbonyl (C=O) groups excluding carboxylic acids is 3. The van der Waals surface area contributed by atoms with Gasteiger partial charge in [-0.25, -0.2) is 4.39 Å². The fourth-order valence-electron chi connectivity index (χ4n) is 4.24. The molecule has 2 aromatic carbocycles. The largest absolute Gasteiger partial charge is 0.352 e. The Morgan fingerprint density at radius 1 is 1.12 bits per heavy atom. The molecular weight excluding hydrogens is 411 g/mol. The summed E-state index contributed by atoms with van der Waals surface area (Å²) in [6.07, 6.45) is 0.377. The Morgan fingerprint density at radius 2 is 1.81 bits per heavy atom. The van der Waals surface area contributed by atoms with Crippen molar-refractivity contribution < 1.29 is 18.8 Å². The van der Waals surface area contributed by atoms with Gasteiger partial charge in [0.1, 0.15) is 5.82 Å². The van der Waals surface area contributed by atoms with Crippen LogP contribution in [0.4, 0.5) is 10.1 Å². The minimum Gasteiger partial charge on any atom is -0.352 e. The van der Waals surface area contributed by atoms with Crippen LogP contribution in [0.3, 0.4) is 0 Å². The number of hydrogen-bond acceptors (Lipinski definition) is 4. The number of anilines is 1. The summed E-state index contributed by atoms with van der Waals surface area (Å²) in [7, 11) is 3.33. The van der Waals surface area contributed by atoms with Crippen molar-refractivity contribution in [2.75, 3.05) is 26.0 Å². The van der Waals surface area contributed by atoms with E-state index in [0.717, 1.165) is 11.1 Å². The van der Waals surface area contributed by atoms with E-state index in [1.807, 2.05) is 35.2 Å². The zero-order valence-electron chi connectivity index (χ0n) is 18.8. The van der Waals surface area contributed by atoms with Gasteiger partial charge in [0.25, 0.3) is 0 Å². The number of likely N-dealkylation sites (tertiary alicyclic amines) is 1. The van der Waals surface area contributed by atoms with E-state index in [4.69, 9.17) is 0 Å². The van der Waals surface area contributed by atoms with Gasteiger partial charge in [0.05, 0.1) is 24.7 Å². The highest BCUT2D eigenvalue weighted by Crippen LogP contribution is 2.37. The predicted molar refractivity (Wildman–Crippen MR) is 120 cm³/mol. The van der Waals surface area contributed by atoms with Crippen LogP contribution in [0.5, 0.6) is 0 Å². The number of rotatable bonds is 6.